The van der Waals surface area contributed by atoms with Gasteiger partial charge in [0.1, 0.15) is 0 Å². The van der Waals surface area contributed by atoms with E-state index in [1.54, 1.807) is 7.11 Å². The lowest BCUT2D eigenvalue weighted by Crippen LogP contribution is -2.26. The molecule has 1 aromatic rings. The van der Waals surface area contributed by atoms with E-state index in [9.17, 15) is 0 Å². The first-order chi connectivity index (χ1) is 6.94. The van der Waals surface area contributed by atoms with E-state index in [4.69, 9.17) is 4.74 Å². The van der Waals surface area contributed by atoms with E-state index in [1.165, 1.54) is 0 Å². The Morgan fingerprint density at radius 2 is 2.00 bits per heavy atom. The molecule has 3 nitrogen and oxygen atoms in total. The second kappa shape index (κ2) is 4.71. The van der Waals surface area contributed by atoms with Crippen LogP contribution in [-0.4, -0.2) is 22.7 Å². The standard InChI is InChI=1S/C12H20N2O/c1-9(2)11-8-13-7-10(14-11)6-12(3,4)15-5/h7-9H,6H2,1-5H3. The summed E-state index contributed by atoms with van der Waals surface area (Å²) in [5.41, 5.74) is 1.86. The fourth-order valence-electron chi connectivity index (χ4n) is 1.29. The van der Waals surface area contributed by atoms with E-state index in [0.717, 1.165) is 17.8 Å². The summed E-state index contributed by atoms with van der Waals surface area (Å²) in [5, 5.41) is 0. The Labute approximate surface area is 91.9 Å². The Bertz CT molecular complexity index is 321. The molecule has 0 atom stereocenters. The fraction of sp³-hybridized carbons (Fsp3) is 0.667. The van der Waals surface area contributed by atoms with Crippen molar-refractivity contribution in [1.82, 2.24) is 9.97 Å². The smallest absolute Gasteiger partial charge is 0.0678 e. The van der Waals surface area contributed by atoms with Crippen molar-refractivity contribution in [3.8, 4) is 0 Å². The van der Waals surface area contributed by atoms with Gasteiger partial charge in [-0.3, -0.25) is 9.97 Å². The van der Waals surface area contributed by atoms with Crippen LogP contribution in [0.3, 0.4) is 0 Å². The molecule has 0 aromatic carbocycles. The van der Waals surface area contributed by atoms with Gasteiger partial charge in [-0.25, -0.2) is 0 Å². The molecule has 0 aliphatic heterocycles. The van der Waals surface area contributed by atoms with Crippen molar-refractivity contribution < 1.29 is 4.74 Å². The lowest BCUT2D eigenvalue weighted by Gasteiger charge is -2.22. The molecule has 15 heavy (non-hydrogen) atoms. The molecule has 0 aliphatic carbocycles. The number of methoxy groups -OCH3 is 1. The molecule has 0 fully saturated rings. The SMILES string of the molecule is COC(C)(C)Cc1cncc(C(C)C)n1. The number of aromatic nitrogens is 2. The summed E-state index contributed by atoms with van der Waals surface area (Å²) in [7, 11) is 1.72. The molecule has 84 valence electrons. The highest BCUT2D eigenvalue weighted by Gasteiger charge is 2.18. The summed E-state index contributed by atoms with van der Waals surface area (Å²) < 4.78 is 5.37. The van der Waals surface area contributed by atoms with Gasteiger partial charge in [-0.2, -0.15) is 0 Å². The van der Waals surface area contributed by atoms with Crippen LogP contribution in [0.1, 0.15) is 45.0 Å². The minimum absolute atomic E-state index is 0.176. The summed E-state index contributed by atoms with van der Waals surface area (Å²) in [5.74, 6) is 0.420. The van der Waals surface area contributed by atoms with Crippen LogP contribution in [0.5, 0.6) is 0 Å². The molecule has 0 aliphatic rings. The van der Waals surface area contributed by atoms with E-state index in [1.807, 2.05) is 12.4 Å². The Kier molecular flexibility index (Phi) is 3.80. The van der Waals surface area contributed by atoms with Gasteiger partial charge in [0, 0.05) is 25.9 Å². The summed E-state index contributed by atoms with van der Waals surface area (Å²) in [6, 6.07) is 0. The second-order valence-electron chi connectivity index (χ2n) is 4.73. The van der Waals surface area contributed by atoms with Gasteiger partial charge in [0.15, 0.2) is 0 Å². The average Bonchev–Trinajstić information content (AvgIpc) is 2.17. The zero-order chi connectivity index (χ0) is 11.5. The highest BCUT2D eigenvalue weighted by Crippen LogP contribution is 2.16. The maximum atomic E-state index is 5.37. The monoisotopic (exact) mass is 208 g/mol. The number of nitrogens with zero attached hydrogens (tertiary/aromatic N) is 2. The molecular weight excluding hydrogens is 188 g/mol. The molecule has 0 saturated heterocycles. The quantitative estimate of drug-likeness (QED) is 0.762. The first-order valence-corrected chi connectivity index (χ1v) is 5.30. The van der Waals surface area contributed by atoms with Crippen molar-refractivity contribution in [1.29, 1.82) is 0 Å². The Balaban J connectivity index is 2.82. The highest BCUT2D eigenvalue weighted by atomic mass is 16.5. The predicted octanol–water partition coefficient (Wildman–Crippen LogP) is 2.57. The van der Waals surface area contributed by atoms with Gasteiger partial charge < -0.3 is 4.74 Å². The van der Waals surface area contributed by atoms with Crippen molar-refractivity contribution in [3.63, 3.8) is 0 Å². The van der Waals surface area contributed by atoms with Crippen LogP contribution in [-0.2, 0) is 11.2 Å². The molecule has 1 heterocycles. The van der Waals surface area contributed by atoms with Crippen molar-refractivity contribution in [2.24, 2.45) is 0 Å². The number of rotatable bonds is 4. The lowest BCUT2D eigenvalue weighted by atomic mass is 10.0. The molecule has 0 spiro atoms. The average molecular weight is 208 g/mol. The van der Waals surface area contributed by atoms with Gasteiger partial charge in [-0.15, -0.1) is 0 Å². The maximum Gasteiger partial charge on any atom is 0.0678 e. The molecule has 1 aromatic heterocycles. The first-order valence-electron chi connectivity index (χ1n) is 5.30. The molecule has 0 N–H and O–H groups in total. The normalized spacial score (nSPS) is 12.1. The van der Waals surface area contributed by atoms with E-state index in [2.05, 4.69) is 37.7 Å². The minimum atomic E-state index is -0.176. The Morgan fingerprint density at radius 3 is 2.53 bits per heavy atom. The van der Waals surface area contributed by atoms with Crippen molar-refractivity contribution in [3.05, 3.63) is 23.8 Å². The predicted molar refractivity (Wildman–Crippen MR) is 60.9 cm³/mol. The maximum absolute atomic E-state index is 5.37. The fourth-order valence-corrected chi connectivity index (χ4v) is 1.29. The minimum Gasteiger partial charge on any atom is -0.378 e. The summed E-state index contributed by atoms with van der Waals surface area (Å²) in [6.45, 7) is 8.35. The molecule has 0 bridgehead atoms. The van der Waals surface area contributed by atoms with Gasteiger partial charge >= 0.3 is 0 Å². The van der Waals surface area contributed by atoms with Crippen LogP contribution in [0.4, 0.5) is 0 Å². The molecule has 0 radical (unpaired) electrons. The second-order valence-corrected chi connectivity index (χ2v) is 4.73. The lowest BCUT2D eigenvalue weighted by molar-refractivity contribution is 0.0223. The molecule has 0 amide bonds. The van der Waals surface area contributed by atoms with Crippen molar-refractivity contribution in [2.45, 2.75) is 45.6 Å². The van der Waals surface area contributed by atoms with E-state index in [0.29, 0.717) is 5.92 Å². The van der Waals surface area contributed by atoms with Crippen LogP contribution in [0, 0.1) is 0 Å². The van der Waals surface area contributed by atoms with E-state index in [-0.39, 0.29) is 5.60 Å². The summed E-state index contributed by atoms with van der Waals surface area (Å²) >= 11 is 0. The third kappa shape index (κ3) is 3.59. The molecule has 0 saturated carbocycles. The van der Waals surface area contributed by atoms with Crippen LogP contribution < -0.4 is 0 Å². The van der Waals surface area contributed by atoms with Gasteiger partial charge in [0.25, 0.3) is 0 Å². The van der Waals surface area contributed by atoms with E-state index >= 15 is 0 Å². The zero-order valence-corrected chi connectivity index (χ0v) is 10.2. The number of hydrogen-bond donors (Lipinski definition) is 0. The van der Waals surface area contributed by atoms with E-state index < -0.39 is 0 Å². The van der Waals surface area contributed by atoms with Gasteiger partial charge in [0.2, 0.25) is 0 Å². The Hall–Kier alpha value is -0.960. The zero-order valence-electron chi connectivity index (χ0n) is 10.2. The summed E-state index contributed by atoms with van der Waals surface area (Å²) in [6.07, 6.45) is 4.43. The molecule has 3 heteroatoms. The van der Waals surface area contributed by atoms with Crippen molar-refractivity contribution in [2.75, 3.05) is 7.11 Å². The molecular formula is C12H20N2O. The van der Waals surface area contributed by atoms with Crippen molar-refractivity contribution >= 4 is 0 Å². The van der Waals surface area contributed by atoms with Crippen LogP contribution in [0.25, 0.3) is 0 Å². The highest BCUT2D eigenvalue weighted by molar-refractivity contribution is 5.08. The summed E-state index contributed by atoms with van der Waals surface area (Å²) in [4.78, 5) is 8.77. The van der Waals surface area contributed by atoms with Gasteiger partial charge in [-0.1, -0.05) is 13.8 Å². The molecule has 0 unspecified atom stereocenters. The number of hydrogen-bond acceptors (Lipinski definition) is 3. The third-order valence-electron chi connectivity index (χ3n) is 2.45. The Morgan fingerprint density at radius 1 is 1.33 bits per heavy atom. The number of ether oxygens (including phenoxy) is 1. The van der Waals surface area contributed by atoms with Crippen LogP contribution in [0.15, 0.2) is 12.4 Å². The van der Waals surface area contributed by atoms with Crippen LogP contribution >= 0.6 is 0 Å². The third-order valence-corrected chi connectivity index (χ3v) is 2.45. The molecule has 1 rings (SSSR count). The van der Waals surface area contributed by atoms with Gasteiger partial charge in [0.05, 0.1) is 17.0 Å². The first kappa shape index (κ1) is 12.1. The topological polar surface area (TPSA) is 35.0 Å². The van der Waals surface area contributed by atoms with Gasteiger partial charge in [-0.05, 0) is 19.8 Å². The largest absolute Gasteiger partial charge is 0.378 e. The van der Waals surface area contributed by atoms with Crippen LogP contribution in [0.2, 0.25) is 0 Å².